The van der Waals surface area contributed by atoms with Gasteiger partial charge < -0.3 is 15.2 Å². The summed E-state index contributed by atoms with van der Waals surface area (Å²) in [5.74, 6) is 0.966. The fraction of sp³-hybridized carbons (Fsp3) is 0.571. The molecule has 3 nitrogen and oxygen atoms in total. The number of thioether (sulfide) groups is 1. The summed E-state index contributed by atoms with van der Waals surface area (Å²) in [6.45, 7) is 3.20. The van der Waals surface area contributed by atoms with E-state index in [-0.39, 0.29) is 6.61 Å². The van der Waals surface area contributed by atoms with Crippen LogP contribution in [0, 0.1) is 0 Å². The average molecular weight is 269 g/mol. The van der Waals surface area contributed by atoms with Crippen molar-refractivity contribution in [2.24, 2.45) is 0 Å². The van der Waals surface area contributed by atoms with Gasteiger partial charge in [0, 0.05) is 42.7 Å². The lowest BCUT2D eigenvalue weighted by Crippen LogP contribution is -2.16. The van der Waals surface area contributed by atoms with E-state index in [1.165, 1.54) is 4.90 Å². The maximum atomic E-state index is 8.72. The number of rotatable bonds is 9. The third kappa shape index (κ3) is 6.28. The lowest BCUT2D eigenvalue weighted by Gasteiger charge is -2.15. The summed E-state index contributed by atoms with van der Waals surface area (Å²) in [5.41, 5.74) is 1.14. The molecule has 102 valence electrons. The number of methoxy groups -OCH3 is 1. The van der Waals surface area contributed by atoms with Crippen molar-refractivity contribution in [2.75, 3.05) is 31.4 Å². The van der Waals surface area contributed by atoms with Crippen molar-refractivity contribution in [1.82, 2.24) is 0 Å². The maximum Gasteiger partial charge on any atom is 0.0481 e. The first-order valence-electron chi connectivity index (χ1n) is 6.35. The van der Waals surface area contributed by atoms with Gasteiger partial charge in [-0.05, 0) is 44.0 Å². The van der Waals surface area contributed by atoms with Gasteiger partial charge in [0.05, 0.1) is 0 Å². The van der Waals surface area contributed by atoms with Crippen molar-refractivity contribution in [3.05, 3.63) is 24.3 Å². The predicted molar refractivity (Wildman–Crippen MR) is 78.4 cm³/mol. The molecule has 0 aliphatic heterocycles. The summed E-state index contributed by atoms with van der Waals surface area (Å²) in [6, 6.07) is 8.86. The second-order valence-corrected chi connectivity index (χ2v) is 5.45. The van der Waals surface area contributed by atoms with E-state index >= 15 is 0 Å². The lowest BCUT2D eigenvalue weighted by atomic mass is 10.2. The minimum Gasteiger partial charge on any atom is -0.396 e. The molecule has 0 fully saturated rings. The van der Waals surface area contributed by atoms with Crippen LogP contribution in [0.2, 0.25) is 0 Å². The third-order valence-corrected chi connectivity index (χ3v) is 3.69. The molecule has 0 spiro atoms. The molecular weight excluding hydrogens is 246 g/mol. The highest BCUT2D eigenvalue weighted by atomic mass is 32.2. The standard InChI is InChI=1S/C14H23NO2S/c1-12(8-10-17-2)15-13-4-6-14(7-5-13)18-11-3-9-16/h4-7,12,15-16H,3,8-11H2,1-2H3. The normalized spacial score (nSPS) is 12.4. The topological polar surface area (TPSA) is 41.5 Å². The largest absolute Gasteiger partial charge is 0.396 e. The van der Waals surface area contributed by atoms with Gasteiger partial charge in [0.2, 0.25) is 0 Å². The third-order valence-electron chi connectivity index (χ3n) is 2.59. The Labute approximate surface area is 114 Å². The van der Waals surface area contributed by atoms with E-state index in [1.54, 1.807) is 18.9 Å². The molecule has 0 aliphatic rings. The Bertz CT molecular complexity index is 316. The van der Waals surface area contributed by atoms with Crippen LogP contribution < -0.4 is 5.32 Å². The monoisotopic (exact) mass is 269 g/mol. The molecule has 1 aromatic carbocycles. The van der Waals surface area contributed by atoms with Gasteiger partial charge in [0.25, 0.3) is 0 Å². The zero-order chi connectivity index (χ0) is 13.2. The van der Waals surface area contributed by atoms with Gasteiger partial charge in [-0.25, -0.2) is 0 Å². The van der Waals surface area contributed by atoms with Crippen LogP contribution in [0.4, 0.5) is 5.69 Å². The molecule has 0 saturated carbocycles. The quantitative estimate of drug-likeness (QED) is 0.534. The Morgan fingerprint density at radius 1 is 1.33 bits per heavy atom. The van der Waals surface area contributed by atoms with Gasteiger partial charge in [-0.15, -0.1) is 11.8 Å². The molecule has 0 radical (unpaired) electrons. The van der Waals surface area contributed by atoms with E-state index in [2.05, 4.69) is 36.5 Å². The second-order valence-electron chi connectivity index (χ2n) is 4.28. The number of aliphatic hydroxyl groups excluding tert-OH is 1. The molecular formula is C14H23NO2S. The summed E-state index contributed by atoms with van der Waals surface area (Å²) in [4.78, 5) is 1.25. The molecule has 0 bridgehead atoms. The zero-order valence-corrected chi connectivity index (χ0v) is 12.0. The first-order chi connectivity index (χ1) is 8.76. The zero-order valence-electron chi connectivity index (χ0n) is 11.2. The molecule has 18 heavy (non-hydrogen) atoms. The number of hydrogen-bond acceptors (Lipinski definition) is 4. The molecule has 0 aromatic heterocycles. The van der Waals surface area contributed by atoms with Crippen LogP contribution in [-0.4, -0.2) is 37.2 Å². The number of aliphatic hydroxyl groups is 1. The molecule has 1 aromatic rings. The first-order valence-corrected chi connectivity index (χ1v) is 7.34. The van der Waals surface area contributed by atoms with Gasteiger partial charge in [-0.3, -0.25) is 0 Å². The lowest BCUT2D eigenvalue weighted by molar-refractivity contribution is 0.191. The molecule has 2 N–H and O–H groups in total. The molecule has 0 saturated heterocycles. The van der Waals surface area contributed by atoms with Gasteiger partial charge in [-0.1, -0.05) is 0 Å². The van der Waals surface area contributed by atoms with E-state index in [4.69, 9.17) is 9.84 Å². The number of nitrogens with one attached hydrogen (secondary N) is 1. The predicted octanol–water partition coefficient (Wildman–Crippen LogP) is 3.00. The smallest absolute Gasteiger partial charge is 0.0481 e. The summed E-state index contributed by atoms with van der Waals surface area (Å²) >= 11 is 1.78. The Morgan fingerprint density at radius 3 is 2.67 bits per heavy atom. The summed E-state index contributed by atoms with van der Waals surface area (Å²) in [5, 5.41) is 12.2. The summed E-state index contributed by atoms with van der Waals surface area (Å²) < 4.78 is 5.06. The maximum absolute atomic E-state index is 8.72. The Balaban J connectivity index is 2.35. The van der Waals surface area contributed by atoms with Crippen LogP contribution in [0.1, 0.15) is 19.8 Å². The number of benzene rings is 1. The Kier molecular flexibility index (Phi) is 7.89. The van der Waals surface area contributed by atoms with Crippen molar-refractivity contribution in [2.45, 2.75) is 30.7 Å². The summed E-state index contributed by atoms with van der Waals surface area (Å²) in [6.07, 6.45) is 1.85. The molecule has 0 amide bonds. The number of hydrogen-bond donors (Lipinski definition) is 2. The van der Waals surface area contributed by atoms with Crippen LogP contribution >= 0.6 is 11.8 Å². The fourth-order valence-electron chi connectivity index (χ4n) is 1.55. The molecule has 1 rings (SSSR count). The molecule has 1 unspecified atom stereocenters. The Morgan fingerprint density at radius 2 is 2.06 bits per heavy atom. The Hall–Kier alpha value is -0.710. The van der Waals surface area contributed by atoms with E-state index in [0.29, 0.717) is 6.04 Å². The fourth-order valence-corrected chi connectivity index (χ4v) is 2.39. The van der Waals surface area contributed by atoms with E-state index in [1.807, 2.05) is 0 Å². The van der Waals surface area contributed by atoms with Gasteiger partial charge >= 0.3 is 0 Å². The van der Waals surface area contributed by atoms with Crippen LogP contribution in [0.5, 0.6) is 0 Å². The van der Waals surface area contributed by atoms with Crippen molar-refractivity contribution in [3.63, 3.8) is 0 Å². The number of anilines is 1. The molecule has 0 heterocycles. The van der Waals surface area contributed by atoms with Gasteiger partial charge in [0.15, 0.2) is 0 Å². The van der Waals surface area contributed by atoms with Crippen LogP contribution in [0.15, 0.2) is 29.2 Å². The highest BCUT2D eigenvalue weighted by Crippen LogP contribution is 2.21. The average Bonchev–Trinajstić information content (AvgIpc) is 2.39. The van der Waals surface area contributed by atoms with Crippen molar-refractivity contribution < 1.29 is 9.84 Å². The van der Waals surface area contributed by atoms with Crippen molar-refractivity contribution in [3.8, 4) is 0 Å². The molecule has 4 heteroatoms. The van der Waals surface area contributed by atoms with E-state index in [9.17, 15) is 0 Å². The molecule has 0 aliphatic carbocycles. The van der Waals surface area contributed by atoms with Crippen LogP contribution in [0.25, 0.3) is 0 Å². The van der Waals surface area contributed by atoms with E-state index < -0.39 is 0 Å². The van der Waals surface area contributed by atoms with Crippen molar-refractivity contribution >= 4 is 17.4 Å². The van der Waals surface area contributed by atoms with Crippen LogP contribution in [-0.2, 0) is 4.74 Å². The highest BCUT2D eigenvalue weighted by molar-refractivity contribution is 7.99. The SMILES string of the molecule is COCCC(C)Nc1ccc(SCCCO)cc1. The van der Waals surface area contributed by atoms with Gasteiger partial charge in [-0.2, -0.15) is 0 Å². The van der Waals surface area contributed by atoms with Crippen LogP contribution in [0.3, 0.4) is 0 Å². The van der Waals surface area contributed by atoms with Gasteiger partial charge in [0.1, 0.15) is 0 Å². The minimum absolute atomic E-state index is 0.268. The highest BCUT2D eigenvalue weighted by Gasteiger charge is 2.01. The summed E-state index contributed by atoms with van der Waals surface area (Å²) in [7, 11) is 1.73. The van der Waals surface area contributed by atoms with Crippen molar-refractivity contribution in [1.29, 1.82) is 0 Å². The molecule has 1 atom stereocenters. The first kappa shape index (κ1) is 15.3. The number of ether oxygens (including phenoxy) is 1. The minimum atomic E-state index is 0.268. The van der Waals surface area contributed by atoms with E-state index in [0.717, 1.165) is 30.9 Å². The second kappa shape index (κ2) is 9.25.